The van der Waals surface area contributed by atoms with Gasteiger partial charge in [-0.15, -0.1) is 6.92 Å². The molecule has 186 valence electrons. The Labute approximate surface area is 241 Å². The van der Waals surface area contributed by atoms with Gasteiger partial charge >= 0.3 is 21.7 Å². The Hall–Kier alpha value is 0.718. The van der Waals surface area contributed by atoms with Gasteiger partial charge in [-0.05, 0) is 6.92 Å². The fourth-order valence-corrected chi connectivity index (χ4v) is 13.3. The van der Waals surface area contributed by atoms with Crippen molar-refractivity contribution in [2.75, 3.05) is 0 Å². The van der Waals surface area contributed by atoms with Gasteiger partial charge in [0.2, 0.25) is 0 Å². The van der Waals surface area contributed by atoms with Gasteiger partial charge in [0.1, 0.15) is 0 Å². The standard InChI is InChI=1S/C27H45Si2.3ClH.Ti/c1-11-13-15-29(16-14-12-2,27(7)20-22(4)23(5)24(27)6)26-18-21(3)17-25(19-26)28(8,9)10;;;;/h17-19H,11-16H2,1-10H3;3*1H;/q-1;;;;+4/p-3. The summed E-state index contributed by atoms with van der Waals surface area (Å²) in [7, 11) is -3.22. The molecule has 0 aromatic heterocycles. The van der Waals surface area contributed by atoms with E-state index >= 15 is 0 Å². The number of halogens is 3. The van der Waals surface area contributed by atoms with E-state index < -0.39 is 16.1 Å². The average Bonchev–Trinajstić information content (AvgIpc) is 2.84. The van der Waals surface area contributed by atoms with Crippen LogP contribution in [0, 0.1) is 13.0 Å². The first-order chi connectivity index (χ1) is 13.4. The predicted molar refractivity (Wildman–Crippen MR) is 138 cm³/mol. The van der Waals surface area contributed by atoms with Crippen LogP contribution in [0.1, 0.15) is 72.8 Å². The van der Waals surface area contributed by atoms with E-state index in [0.29, 0.717) is 0 Å². The van der Waals surface area contributed by atoms with Gasteiger partial charge < -0.3 is 37.2 Å². The van der Waals surface area contributed by atoms with Crippen LogP contribution in [-0.4, -0.2) is 16.1 Å². The summed E-state index contributed by atoms with van der Waals surface area (Å²) in [6.45, 7) is 24.1. The van der Waals surface area contributed by atoms with E-state index in [1.54, 1.807) is 15.9 Å². The number of rotatable bonds is 9. The molecule has 1 aliphatic carbocycles. The smallest absolute Gasteiger partial charge is 1.00 e. The van der Waals surface area contributed by atoms with Crippen LogP contribution in [-0.2, 0) is 21.7 Å². The molecule has 6 heteroatoms. The Morgan fingerprint density at radius 3 is 1.61 bits per heavy atom. The summed E-state index contributed by atoms with van der Waals surface area (Å²) in [6, 6.07) is 10.5. The second kappa shape index (κ2) is 15.1. The summed E-state index contributed by atoms with van der Waals surface area (Å²) in [5.41, 5.74) is 5.96. The van der Waals surface area contributed by atoms with E-state index in [9.17, 15) is 0 Å². The Morgan fingerprint density at radius 2 is 1.24 bits per heavy atom. The van der Waals surface area contributed by atoms with Gasteiger partial charge in [0, 0.05) is 0 Å². The molecule has 1 aromatic rings. The summed E-state index contributed by atoms with van der Waals surface area (Å²) in [5, 5.41) is 3.47. The molecule has 0 saturated heterocycles. The van der Waals surface area contributed by atoms with Crippen molar-refractivity contribution in [1.82, 2.24) is 0 Å². The number of aryl methyl sites for hydroxylation is 1. The van der Waals surface area contributed by atoms with E-state index in [-0.39, 0.29) is 64.0 Å². The normalized spacial score (nSPS) is 17.9. The number of unbranched alkanes of at least 4 members (excludes halogenated alkanes) is 2. The Kier molecular flexibility index (Phi) is 17.5. The Balaban J connectivity index is -0.00000225. The van der Waals surface area contributed by atoms with Crippen molar-refractivity contribution >= 4 is 26.5 Å². The van der Waals surface area contributed by atoms with Crippen LogP contribution in [0.4, 0.5) is 0 Å². The summed E-state index contributed by atoms with van der Waals surface area (Å²) >= 11 is 0. The Bertz CT molecular complexity index is 804. The summed E-state index contributed by atoms with van der Waals surface area (Å²) in [5.74, 6) is 0. The van der Waals surface area contributed by atoms with Gasteiger partial charge in [0.15, 0.2) is 0 Å². The molecule has 0 spiro atoms. The largest absolute Gasteiger partial charge is 4.00 e. The van der Waals surface area contributed by atoms with Gasteiger partial charge in [0.25, 0.3) is 0 Å². The molecule has 0 bridgehead atoms. The van der Waals surface area contributed by atoms with Gasteiger partial charge in [-0.2, -0.15) is 11.1 Å². The monoisotopic (exact) mass is 578 g/mol. The van der Waals surface area contributed by atoms with Gasteiger partial charge in [-0.25, -0.2) is 5.57 Å². The van der Waals surface area contributed by atoms with E-state index in [0.717, 1.165) is 0 Å². The number of allylic oxidation sites excluding steroid dienone is 4. The maximum absolute atomic E-state index is 4.08. The van der Waals surface area contributed by atoms with E-state index in [4.69, 9.17) is 0 Å². The van der Waals surface area contributed by atoms with E-state index in [1.165, 1.54) is 54.5 Å². The number of benzene rings is 1. The second-order valence-electron chi connectivity index (χ2n) is 10.8. The fraction of sp³-hybridized carbons (Fsp3) is 0.630. The van der Waals surface area contributed by atoms with E-state index in [2.05, 4.69) is 92.4 Å². The van der Waals surface area contributed by atoms with Crippen molar-refractivity contribution in [1.29, 1.82) is 0 Å². The molecule has 1 atom stereocenters. The fourth-order valence-electron chi connectivity index (χ4n) is 5.35. The zero-order valence-electron chi connectivity index (χ0n) is 22.6. The first-order valence-electron chi connectivity index (χ1n) is 11.9. The first kappa shape index (κ1) is 38.3. The summed E-state index contributed by atoms with van der Waals surface area (Å²) in [4.78, 5) is 0. The quantitative estimate of drug-likeness (QED) is 0.251. The molecule has 0 heterocycles. The summed E-state index contributed by atoms with van der Waals surface area (Å²) < 4.78 is 0. The molecule has 1 aromatic carbocycles. The molecule has 1 unspecified atom stereocenters. The van der Waals surface area contributed by atoms with Crippen molar-refractivity contribution < 1.29 is 58.9 Å². The molecule has 0 radical (unpaired) electrons. The molecule has 0 amide bonds. The van der Waals surface area contributed by atoms with Gasteiger partial charge in [-0.1, -0.05) is 131 Å². The van der Waals surface area contributed by atoms with Crippen LogP contribution in [0.2, 0.25) is 36.8 Å². The minimum atomic E-state index is -1.86. The zero-order chi connectivity index (χ0) is 22.0. The molecule has 2 rings (SSSR count). The molecule has 0 N–H and O–H groups in total. The molecule has 0 nitrogen and oxygen atoms in total. The third kappa shape index (κ3) is 7.85. The van der Waals surface area contributed by atoms with Crippen LogP contribution < -0.4 is 47.6 Å². The Morgan fingerprint density at radius 1 is 0.788 bits per heavy atom. The van der Waals surface area contributed by atoms with Crippen LogP contribution >= 0.6 is 0 Å². The SMILES string of the molecule is CCCC[Si](CCCC)(c1cc(C)cc([Si](C)(C)C)c1)C1(C)[C-]=C(C)C(C)=C1C.[Cl-].[Cl-].[Cl-].[Ti+4]. The molecular formula is C27H45Cl3Si2Ti. The zero-order valence-corrected chi connectivity index (χ0v) is 28.4. The van der Waals surface area contributed by atoms with Crippen molar-refractivity contribution in [3.05, 3.63) is 46.6 Å². The molecule has 0 fully saturated rings. The minimum Gasteiger partial charge on any atom is -1.00 e. The summed E-state index contributed by atoms with van der Waals surface area (Å²) in [6.07, 6.45) is 9.34. The molecular weight excluding hydrogens is 535 g/mol. The third-order valence-corrected chi connectivity index (χ3v) is 15.9. The predicted octanol–water partition coefficient (Wildman–Crippen LogP) is -1.33. The van der Waals surface area contributed by atoms with Crippen LogP contribution in [0.15, 0.2) is 34.9 Å². The molecule has 0 aliphatic heterocycles. The third-order valence-electron chi connectivity index (χ3n) is 7.68. The van der Waals surface area contributed by atoms with Crippen molar-refractivity contribution in [3.8, 4) is 0 Å². The maximum Gasteiger partial charge on any atom is 4.00 e. The van der Waals surface area contributed by atoms with Gasteiger partial charge in [-0.3, -0.25) is 6.08 Å². The van der Waals surface area contributed by atoms with Crippen molar-refractivity contribution in [2.45, 2.75) is 111 Å². The average molecular weight is 580 g/mol. The molecule has 1 aliphatic rings. The number of hydrogen-bond donors (Lipinski definition) is 0. The van der Waals surface area contributed by atoms with Crippen LogP contribution in [0.25, 0.3) is 0 Å². The molecule has 0 saturated carbocycles. The molecule has 33 heavy (non-hydrogen) atoms. The van der Waals surface area contributed by atoms with Crippen molar-refractivity contribution in [2.24, 2.45) is 0 Å². The van der Waals surface area contributed by atoms with Crippen LogP contribution in [0.3, 0.4) is 0 Å². The van der Waals surface area contributed by atoms with Crippen molar-refractivity contribution in [3.63, 3.8) is 0 Å². The number of hydrogen-bond acceptors (Lipinski definition) is 0. The second-order valence-corrected chi connectivity index (χ2v) is 20.6. The van der Waals surface area contributed by atoms with E-state index in [1.807, 2.05) is 0 Å². The maximum atomic E-state index is 4.08. The topological polar surface area (TPSA) is 0 Å². The minimum absolute atomic E-state index is 0. The van der Waals surface area contributed by atoms with Crippen LogP contribution in [0.5, 0.6) is 0 Å². The van der Waals surface area contributed by atoms with Gasteiger partial charge in [0.05, 0.1) is 16.1 Å². The first-order valence-corrected chi connectivity index (χ1v) is 17.8.